The molecule has 1 aromatic carbocycles. The van der Waals surface area contributed by atoms with Gasteiger partial charge in [-0.2, -0.15) is 5.10 Å². The highest BCUT2D eigenvalue weighted by atomic mass is 19.1. The van der Waals surface area contributed by atoms with E-state index in [9.17, 15) is 13.6 Å². The van der Waals surface area contributed by atoms with E-state index in [1.807, 2.05) is 0 Å². The van der Waals surface area contributed by atoms with Crippen molar-refractivity contribution < 1.29 is 13.6 Å². The van der Waals surface area contributed by atoms with E-state index >= 15 is 0 Å². The van der Waals surface area contributed by atoms with Crippen molar-refractivity contribution in [3.05, 3.63) is 53.7 Å². The molecule has 3 heterocycles. The first-order chi connectivity index (χ1) is 14.8. The van der Waals surface area contributed by atoms with E-state index in [1.54, 1.807) is 18.2 Å². The van der Waals surface area contributed by atoms with Crippen molar-refractivity contribution in [1.29, 1.82) is 0 Å². The Hall–Kier alpha value is -4.15. The first-order valence-corrected chi connectivity index (χ1v) is 9.25. The average molecular weight is 424 g/mol. The Kier molecular flexibility index (Phi) is 5.15. The van der Waals surface area contributed by atoms with E-state index in [4.69, 9.17) is 11.5 Å². The molecule has 0 unspecified atom stereocenters. The normalized spacial score (nSPS) is 11.1. The molecule has 0 saturated carbocycles. The number of carbonyl (C=O) groups is 1. The van der Waals surface area contributed by atoms with Crippen LogP contribution < -0.4 is 16.8 Å². The van der Waals surface area contributed by atoms with Gasteiger partial charge in [0, 0.05) is 5.56 Å². The van der Waals surface area contributed by atoms with E-state index < -0.39 is 11.6 Å². The van der Waals surface area contributed by atoms with Crippen LogP contribution in [0.5, 0.6) is 0 Å². The van der Waals surface area contributed by atoms with Gasteiger partial charge < -0.3 is 16.8 Å². The number of fused-ring (bicyclic) bond motifs is 1. The monoisotopic (exact) mass is 424 g/mol. The number of nitrogen functional groups attached to an aromatic ring is 2. The maximum atomic E-state index is 14.1. The number of anilines is 3. The maximum absolute atomic E-state index is 14.1. The molecule has 0 aliphatic carbocycles. The number of aromatic nitrogens is 5. The highest BCUT2D eigenvalue weighted by molar-refractivity contribution is 5.91. The molecular weight excluding hydrogens is 406 g/mol. The number of rotatable bonds is 6. The molecule has 158 valence electrons. The van der Waals surface area contributed by atoms with E-state index in [2.05, 4.69) is 25.4 Å². The summed E-state index contributed by atoms with van der Waals surface area (Å²) in [5.41, 5.74) is 13.1. The molecule has 0 aliphatic heterocycles. The van der Waals surface area contributed by atoms with E-state index in [0.717, 1.165) is 6.20 Å². The van der Waals surface area contributed by atoms with Crippen LogP contribution in [0, 0.1) is 11.6 Å². The summed E-state index contributed by atoms with van der Waals surface area (Å²) in [4.78, 5) is 23.7. The first kappa shape index (κ1) is 20.1. The summed E-state index contributed by atoms with van der Waals surface area (Å²) in [6.45, 7) is 1.47. The lowest BCUT2D eigenvalue weighted by atomic mass is 10.2. The lowest BCUT2D eigenvalue weighted by Crippen LogP contribution is -2.15. The molecule has 0 bridgehead atoms. The van der Waals surface area contributed by atoms with Crippen molar-refractivity contribution in [2.24, 2.45) is 0 Å². The summed E-state index contributed by atoms with van der Waals surface area (Å²) in [5, 5.41) is 7.54. The maximum Gasteiger partial charge on any atom is 0.184 e. The number of nitrogens with zero attached hydrogens (tertiary/aromatic N) is 5. The van der Waals surface area contributed by atoms with Gasteiger partial charge in [-0.1, -0.05) is 18.2 Å². The van der Waals surface area contributed by atoms with E-state index in [1.165, 1.54) is 23.7 Å². The summed E-state index contributed by atoms with van der Waals surface area (Å²) >= 11 is 0. The van der Waals surface area contributed by atoms with Crippen LogP contribution >= 0.6 is 0 Å². The molecule has 31 heavy (non-hydrogen) atoms. The minimum absolute atomic E-state index is 0.00455. The predicted molar refractivity (Wildman–Crippen MR) is 112 cm³/mol. The number of Topliss-reactive ketones (excluding diaryl/α,β-unsaturated/α-hetero) is 1. The zero-order valence-corrected chi connectivity index (χ0v) is 16.4. The minimum Gasteiger partial charge on any atom is -0.382 e. The molecule has 4 aromatic rings. The molecular formula is C20H18F2N8O. The third-order valence-electron chi connectivity index (χ3n) is 4.52. The van der Waals surface area contributed by atoms with E-state index in [-0.39, 0.29) is 47.7 Å². The molecule has 0 radical (unpaired) electrons. The Morgan fingerprint density at radius 2 is 1.87 bits per heavy atom. The second-order valence-electron chi connectivity index (χ2n) is 6.87. The Morgan fingerprint density at radius 3 is 2.55 bits per heavy atom. The van der Waals surface area contributed by atoms with Crippen LogP contribution in [0.1, 0.15) is 12.5 Å². The largest absolute Gasteiger partial charge is 0.382 e. The minimum atomic E-state index is -0.583. The molecule has 0 spiro atoms. The number of pyridine rings is 1. The quantitative estimate of drug-likeness (QED) is 0.429. The SMILES string of the molecule is CC(=O)CNc1c(N)nc(-c2nn(Cc3ccccc3F)c3ncc(F)cc23)nc1N. The molecule has 9 nitrogen and oxygen atoms in total. The molecule has 0 saturated heterocycles. The van der Waals surface area contributed by atoms with Crippen LogP contribution in [0.4, 0.5) is 26.1 Å². The summed E-state index contributed by atoms with van der Waals surface area (Å²) in [7, 11) is 0. The van der Waals surface area contributed by atoms with Gasteiger partial charge in [0.2, 0.25) is 0 Å². The van der Waals surface area contributed by atoms with Crippen molar-refractivity contribution >= 4 is 34.1 Å². The molecule has 0 fully saturated rings. The highest BCUT2D eigenvalue weighted by Crippen LogP contribution is 2.30. The van der Waals surface area contributed by atoms with Gasteiger partial charge in [0.25, 0.3) is 0 Å². The zero-order chi connectivity index (χ0) is 22.1. The molecule has 0 aliphatic rings. The standard InChI is InChI=1S/C20H18F2N8O/c1-10(31)7-25-16-17(23)27-19(28-18(16)24)15-13-6-12(21)8-26-20(13)30(29-15)9-11-4-2-3-5-14(11)22/h2-6,8,25H,7,9H2,1H3,(H4,23,24,27,28). The lowest BCUT2D eigenvalue weighted by Gasteiger charge is -2.10. The van der Waals surface area contributed by atoms with Crippen LogP contribution in [-0.2, 0) is 11.3 Å². The molecule has 5 N–H and O–H groups in total. The lowest BCUT2D eigenvalue weighted by molar-refractivity contribution is -0.115. The van der Waals surface area contributed by atoms with Crippen LogP contribution in [0.15, 0.2) is 36.5 Å². The molecule has 0 atom stereocenters. The summed E-state index contributed by atoms with van der Waals surface area (Å²) in [6.07, 6.45) is 1.05. The van der Waals surface area contributed by atoms with Crippen LogP contribution in [0.25, 0.3) is 22.6 Å². The molecule has 3 aromatic heterocycles. The van der Waals surface area contributed by atoms with Gasteiger partial charge in [-0.05, 0) is 19.1 Å². The summed E-state index contributed by atoms with van der Waals surface area (Å²) in [6, 6.07) is 7.48. The van der Waals surface area contributed by atoms with Gasteiger partial charge in [0.15, 0.2) is 23.1 Å². The molecule has 4 rings (SSSR count). The second kappa shape index (κ2) is 7.94. The summed E-state index contributed by atoms with van der Waals surface area (Å²) in [5.74, 6) is -1.05. The van der Waals surface area contributed by atoms with Crippen LogP contribution in [0.2, 0.25) is 0 Å². The number of carbonyl (C=O) groups excluding carboxylic acids is 1. The fraction of sp³-hybridized carbons (Fsp3) is 0.150. The van der Waals surface area contributed by atoms with Crippen molar-refractivity contribution in [2.75, 3.05) is 23.3 Å². The number of hydrogen-bond acceptors (Lipinski definition) is 8. The summed E-state index contributed by atoms with van der Waals surface area (Å²) < 4.78 is 29.5. The Labute approximate surface area is 175 Å². The predicted octanol–water partition coefficient (Wildman–Crippen LogP) is 2.38. The fourth-order valence-corrected chi connectivity index (χ4v) is 3.09. The van der Waals surface area contributed by atoms with Gasteiger partial charge in [-0.15, -0.1) is 0 Å². The average Bonchev–Trinajstić information content (AvgIpc) is 3.06. The second-order valence-corrected chi connectivity index (χ2v) is 6.87. The number of hydrogen-bond donors (Lipinski definition) is 3. The Balaban J connectivity index is 1.82. The number of nitrogens with one attached hydrogen (secondary N) is 1. The smallest absolute Gasteiger partial charge is 0.184 e. The van der Waals surface area contributed by atoms with Crippen molar-refractivity contribution in [2.45, 2.75) is 13.5 Å². The van der Waals surface area contributed by atoms with Gasteiger partial charge >= 0.3 is 0 Å². The number of halogens is 2. The van der Waals surface area contributed by atoms with Crippen molar-refractivity contribution in [3.63, 3.8) is 0 Å². The number of benzene rings is 1. The van der Waals surface area contributed by atoms with Gasteiger partial charge in [-0.3, -0.25) is 4.79 Å². The number of ketones is 1. The van der Waals surface area contributed by atoms with Crippen molar-refractivity contribution in [1.82, 2.24) is 24.7 Å². The first-order valence-electron chi connectivity index (χ1n) is 9.25. The van der Waals surface area contributed by atoms with Crippen LogP contribution in [-0.4, -0.2) is 37.1 Å². The topological polar surface area (TPSA) is 138 Å². The van der Waals surface area contributed by atoms with Gasteiger partial charge in [0.1, 0.15) is 28.8 Å². The molecule has 11 heteroatoms. The highest BCUT2D eigenvalue weighted by Gasteiger charge is 2.20. The molecule has 0 amide bonds. The van der Waals surface area contributed by atoms with Gasteiger partial charge in [0.05, 0.1) is 24.7 Å². The van der Waals surface area contributed by atoms with E-state index in [0.29, 0.717) is 16.6 Å². The number of nitrogens with two attached hydrogens (primary N) is 2. The van der Waals surface area contributed by atoms with Crippen LogP contribution in [0.3, 0.4) is 0 Å². The fourth-order valence-electron chi connectivity index (χ4n) is 3.09. The Bertz CT molecular complexity index is 1280. The third-order valence-corrected chi connectivity index (χ3v) is 4.52. The third kappa shape index (κ3) is 3.97. The van der Waals surface area contributed by atoms with Gasteiger partial charge in [-0.25, -0.2) is 28.4 Å². The Morgan fingerprint density at radius 1 is 1.16 bits per heavy atom. The zero-order valence-electron chi connectivity index (χ0n) is 16.4. The van der Waals surface area contributed by atoms with Crippen molar-refractivity contribution in [3.8, 4) is 11.5 Å².